The summed E-state index contributed by atoms with van der Waals surface area (Å²) >= 11 is 0. The Morgan fingerprint density at radius 3 is 1.82 bits per heavy atom. The van der Waals surface area contributed by atoms with Gasteiger partial charge >= 0.3 is 18.7 Å². The van der Waals surface area contributed by atoms with Crippen LogP contribution in [0.15, 0.2) is 72.8 Å². The Bertz CT molecular complexity index is 1240. The summed E-state index contributed by atoms with van der Waals surface area (Å²) in [6.45, 7) is 5.17. The molecule has 11 heteroatoms. The van der Waals surface area contributed by atoms with E-state index in [1.54, 1.807) is 24.3 Å². The van der Waals surface area contributed by atoms with Crippen molar-refractivity contribution in [2.75, 3.05) is 6.54 Å². The lowest BCUT2D eigenvalue weighted by atomic mass is 9.87. The summed E-state index contributed by atoms with van der Waals surface area (Å²) in [7, 11) is 0. The number of alkyl halides is 7. The van der Waals surface area contributed by atoms with Crippen molar-refractivity contribution in [3.05, 3.63) is 89.5 Å². The molecule has 212 valence electrons. The molecule has 3 aromatic rings. The highest BCUT2D eigenvalue weighted by Crippen LogP contribution is 2.34. The minimum absolute atomic E-state index is 0.124. The molecule has 0 fully saturated rings. The van der Waals surface area contributed by atoms with Gasteiger partial charge < -0.3 is 19.9 Å². The number of nitrogens with one attached hydrogen (secondary N) is 1. The van der Waals surface area contributed by atoms with E-state index >= 15 is 0 Å². The molecule has 0 amide bonds. The van der Waals surface area contributed by atoms with E-state index in [-0.39, 0.29) is 11.0 Å². The number of aliphatic hydroxyl groups is 1. The van der Waals surface area contributed by atoms with Crippen LogP contribution in [0.2, 0.25) is 0 Å². The summed E-state index contributed by atoms with van der Waals surface area (Å²) in [6, 6.07) is 17.2. The van der Waals surface area contributed by atoms with Crippen LogP contribution in [0.5, 0.6) is 17.2 Å². The van der Waals surface area contributed by atoms with Gasteiger partial charge in [-0.05, 0) is 58.5 Å². The van der Waals surface area contributed by atoms with E-state index in [4.69, 9.17) is 4.74 Å². The van der Waals surface area contributed by atoms with Crippen LogP contribution in [-0.4, -0.2) is 36.5 Å². The molecule has 3 aromatic carbocycles. The molecule has 0 aliphatic rings. The van der Waals surface area contributed by atoms with E-state index in [0.717, 1.165) is 17.7 Å². The lowest BCUT2D eigenvalue weighted by Gasteiger charge is -2.24. The van der Waals surface area contributed by atoms with Crippen LogP contribution in [0.25, 0.3) is 0 Å². The van der Waals surface area contributed by atoms with E-state index in [0.29, 0.717) is 17.1 Å². The summed E-state index contributed by atoms with van der Waals surface area (Å²) in [4.78, 5) is 0. The predicted molar refractivity (Wildman–Crippen MR) is 132 cm³/mol. The molecular formula is C28H28F7NO3. The van der Waals surface area contributed by atoms with Crippen molar-refractivity contribution in [1.29, 1.82) is 0 Å². The lowest BCUT2D eigenvalue weighted by molar-refractivity contribution is -0.253. The van der Waals surface area contributed by atoms with Crippen molar-refractivity contribution < 1.29 is 45.3 Å². The van der Waals surface area contributed by atoms with Crippen molar-refractivity contribution in [2.24, 2.45) is 0 Å². The Labute approximate surface area is 221 Å². The average Bonchev–Trinajstić information content (AvgIpc) is 2.83. The van der Waals surface area contributed by atoms with E-state index < -0.39 is 43.2 Å². The quantitative estimate of drug-likeness (QED) is 0.251. The molecule has 0 heterocycles. The Balaban J connectivity index is 1.95. The van der Waals surface area contributed by atoms with Crippen molar-refractivity contribution in [2.45, 2.75) is 57.0 Å². The van der Waals surface area contributed by atoms with E-state index in [2.05, 4.69) is 10.1 Å². The van der Waals surface area contributed by atoms with Gasteiger partial charge in [0.05, 0.1) is 6.04 Å². The largest absolute Gasteiger partial charge is 0.461 e. The molecule has 0 aromatic heterocycles. The first-order valence-corrected chi connectivity index (χ1v) is 11.9. The van der Waals surface area contributed by atoms with Crippen molar-refractivity contribution in [3.8, 4) is 17.2 Å². The van der Waals surface area contributed by atoms with Crippen molar-refractivity contribution in [3.63, 3.8) is 0 Å². The van der Waals surface area contributed by atoms with Gasteiger partial charge in [0.1, 0.15) is 17.2 Å². The van der Waals surface area contributed by atoms with Gasteiger partial charge in [-0.2, -0.15) is 30.7 Å². The predicted octanol–water partition coefficient (Wildman–Crippen LogP) is 7.62. The monoisotopic (exact) mass is 559 g/mol. The summed E-state index contributed by atoms with van der Waals surface area (Å²) in [6.07, 6.45) is -16.5. The number of aliphatic hydroxyl groups excluding tert-OH is 1. The Morgan fingerprint density at radius 2 is 1.28 bits per heavy atom. The number of ether oxygens (including phenoxy) is 2. The van der Waals surface area contributed by atoms with Gasteiger partial charge in [0.15, 0.2) is 6.10 Å². The fourth-order valence-electron chi connectivity index (χ4n) is 3.65. The van der Waals surface area contributed by atoms with Crippen LogP contribution in [0, 0.1) is 0 Å². The summed E-state index contributed by atoms with van der Waals surface area (Å²) < 4.78 is 101. The minimum Gasteiger partial charge on any atom is -0.457 e. The van der Waals surface area contributed by atoms with Crippen LogP contribution >= 0.6 is 0 Å². The van der Waals surface area contributed by atoms with Crippen LogP contribution in [0.4, 0.5) is 30.7 Å². The summed E-state index contributed by atoms with van der Waals surface area (Å²) in [5.41, 5.74) is 1.34. The second-order valence-corrected chi connectivity index (χ2v) is 9.89. The molecule has 0 aliphatic carbocycles. The van der Waals surface area contributed by atoms with E-state index in [9.17, 15) is 35.8 Å². The van der Waals surface area contributed by atoms with E-state index in [1.807, 2.05) is 39.0 Å². The standard InChI is InChI=1S/C28H28F7NO3/c1-26(2,3)19-9-6-11-21(15-19)38-20-10-4-7-17(13-20)24(36-16-23(37)27(31,32)33)18-8-5-12-22(14-18)39-28(34,35)25(29)30/h4-15,23-25,36-37H,16H2,1-3H3/t23-,24?/m1/s1. The number of benzene rings is 3. The minimum atomic E-state index is -4.91. The van der Waals surface area contributed by atoms with Crippen LogP contribution in [-0.2, 0) is 5.41 Å². The Hall–Kier alpha value is -3.31. The zero-order valence-corrected chi connectivity index (χ0v) is 21.3. The lowest BCUT2D eigenvalue weighted by Crippen LogP contribution is -2.40. The van der Waals surface area contributed by atoms with E-state index in [1.165, 1.54) is 18.2 Å². The summed E-state index contributed by atoms with van der Waals surface area (Å²) in [5.74, 6) is 0.229. The van der Waals surface area contributed by atoms with Gasteiger partial charge in [0, 0.05) is 6.54 Å². The third kappa shape index (κ3) is 8.34. The SMILES string of the molecule is CC(C)(C)c1cccc(Oc2cccc(C(NC[C@@H](O)C(F)(F)F)c3cccc(OC(F)(F)C(F)F)c3)c2)c1. The number of halogens is 7. The molecule has 0 saturated heterocycles. The fraction of sp³-hybridized carbons (Fsp3) is 0.357. The van der Waals surface area contributed by atoms with Gasteiger partial charge in [0.2, 0.25) is 0 Å². The Morgan fingerprint density at radius 1 is 0.769 bits per heavy atom. The number of hydrogen-bond donors (Lipinski definition) is 2. The van der Waals surface area contributed by atoms with Crippen molar-refractivity contribution >= 4 is 0 Å². The van der Waals surface area contributed by atoms with Gasteiger partial charge in [-0.25, -0.2) is 0 Å². The maximum atomic E-state index is 13.5. The molecular weight excluding hydrogens is 531 g/mol. The van der Waals surface area contributed by atoms with Gasteiger partial charge in [-0.3, -0.25) is 0 Å². The molecule has 0 bridgehead atoms. The third-order valence-corrected chi connectivity index (χ3v) is 5.72. The molecule has 0 radical (unpaired) electrons. The second-order valence-electron chi connectivity index (χ2n) is 9.89. The fourth-order valence-corrected chi connectivity index (χ4v) is 3.65. The number of rotatable bonds is 10. The zero-order chi connectivity index (χ0) is 29.0. The van der Waals surface area contributed by atoms with Crippen LogP contribution in [0.3, 0.4) is 0 Å². The highest BCUT2D eigenvalue weighted by molar-refractivity contribution is 5.42. The molecule has 3 rings (SSSR count). The molecule has 4 nitrogen and oxygen atoms in total. The van der Waals surface area contributed by atoms with Crippen LogP contribution < -0.4 is 14.8 Å². The Kier molecular flexibility index (Phi) is 9.17. The summed E-state index contributed by atoms with van der Waals surface area (Å²) in [5, 5.41) is 12.1. The topological polar surface area (TPSA) is 50.7 Å². The number of hydrogen-bond acceptors (Lipinski definition) is 4. The van der Waals surface area contributed by atoms with Gasteiger partial charge in [0.25, 0.3) is 0 Å². The van der Waals surface area contributed by atoms with Gasteiger partial charge in [-0.1, -0.05) is 57.2 Å². The molecule has 0 spiro atoms. The second kappa shape index (κ2) is 11.8. The maximum Gasteiger partial charge on any atom is 0.461 e. The smallest absolute Gasteiger partial charge is 0.457 e. The first-order valence-electron chi connectivity index (χ1n) is 11.9. The highest BCUT2D eigenvalue weighted by atomic mass is 19.4. The zero-order valence-electron chi connectivity index (χ0n) is 21.3. The molecule has 2 atom stereocenters. The molecule has 1 unspecified atom stereocenters. The van der Waals surface area contributed by atoms with Crippen molar-refractivity contribution in [1.82, 2.24) is 5.32 Å². The molecule has 0 saturated carbocycles. The average molecular weight is 560 g/mol. The first-order chi connectivity index (χ1) is 18.1. The first kappa shape index (κ1) is 30.2. The van der Waals surface area contributed by atoms with Gasteiger partial charge in [-0.15, -0.1) is 0 Å². The van der Waals surface area contributed by atoms with Crippen LogP contribution in [0.1, 0.15) is 43.5 Å². The normalized spacial score (nSPS) is 14.3. The maximum absolute atomic E-state index is 13.5. The highest BCUT2D eigenvalue weighted by Gasteiger charge is 2.44. The third-order valence-electron chi connectivity index (χ3n) is 5.72. The molecule has 39 heavy (non-hydrogen) atoms. The molecule has 2 N–H and O–H groups in total. The molecule has 0 aliphatic heterocycles.